The minimum atomic E-state index is -0.397. The number of ether oxygens (including phenoxy) is 2. The van der Waals surface area contributed by atoms with Crippen LogP contribution < -0.4 is 14.8 Å². The first-order valence-electron chi connectivity index (χ1n) is 7.67. The van der Waals surface area contributed by atoms with Crippen LogP contribution in [0.4, 0.5) is 10.5 Å². The average Bonchev–Trinajstić information content (AvgIpc) is 2.63. The molecule has 2 amide bonds. The van der Waals surface area contributed by atoms with E-state index >= 15 is 0 Å². The highest BCUT2D eigenvalue weighted by Crippen LogP contribution is 2.28. The van der Waals surface area contributed by atoms with E-state index in [0.29, 0.717) is 23.1 Å². The van der Waals surface area contributed by atoms with E-state index in [1.54, 1.807) is 25.3 Å². The molecular formula is C18H21ClN2O4. The third kappa shape index (κ3) is 5.55. The fourth-order valence-electron chi connectivity index (χ4n) is 2.05. The minimum Gasteiger partial charge on any atom is -0.497 e. The molecular weight excluding hydrogens is 344 g/mol. The van der Waals surface area contributed by atoms with Gasteiger partial charge in [-0.2, -0.15) is 0 Å². The number of halogens is 1. The van der Waals surface area contributed by atoms with Crippen molar-refractivity contribution in [2.75, 3.05) is 33.2 Å². The monoisotopic (exact) mass is 364 g/mol. The van der Waals surface area contributed by atoms with Gasteiger partial charge in [0.2, 0.25) is 0 Å². The van der Waals surface area contributed by atoms with Crippen molar-refractivity contribution in [2.24, 2.45) is 0 Å². The van der Waals surface area contributed by atoms with Crippen molar-refractivity contribution >= 4 is 23.3 Å². The van der Waals surface area contributed by atoms with Crippen molar-refractivity contribution < 1.29 is 19.1 Å². The summed E-state index contributed by atoms with van der Waals surface area (Å²) in [6.45, 7) is 0.490. The molecule has 0 aliphatic rings. The van der Waals surface area contributed by atoms with Crippen molar-refractivity contribution in [3.63, 3.8) is 0 Å². The normalized spacial score (nSPS) is 10.2. The van der Waals surface area contributed by atoms with Gasteiger partial charge in [0, 0.05) is 19.2 Å². The second-order valence-electron chi connectivity index (χ2n) is 5.20. The van der Waals surface area contributed by atoms with Crippen molar-refractivity contribution in [3.05, 3.63) is 53.1 Å². The highest BCUT2D eigenvalue weighted by Gasteiger charge is 2.10. The van der Waals surface area contributed by atoms with Gasteiger partial charge < -0.3 is 14.8 Å². The Morgan fingerprint density at radius 2 is 1.88 bits per heavy atom. The van der Waals surface area contributed by atoms with Crippen LogP contribution in [-0.2, 0) is 11.3 Å². The van der Waals surface area contributed by atoms with Crippen molar-refractivity contribution in [2.45, 2.75) is 6.42 Å². The van der Waals surface area contributed by atoms with Crippen LogP contribution in [0.3, 0.4) is 0 Å². The first-order valence-corrected chi connectivity index (χ1v) is 8.05. The van der Waals surface area contributed by atoms with Crippen molar-refractivity contribution in [3.8, 4) is 11.5 Å². The number of carbonyl (C=O) groups excluding carboxylic acids is 1. The maximum absolute atomic E-state index is 11.7. The molecule has 25 heavy (non-hydrogen) atoms. The Bertz CT molecular complexity index is 707. The van der Waals surface area contributed by atoms with E-state index in [-0.39, 0.29) is 0 Å². The Kier molecular flexibility index (Phi) is 6.91. The van der Waals surface area contributed by atoms with Gasteiger partial charge in [0.05, 0.1) is 25.8 Å². The van der Waals surface area contributed by atoms with Gasteiger partial charge in [-0.15, -0.1) is 0 Å². The summed E-state index contributed by atoms with van der Waals surface area (Å²) < 4.78 is 10.8. The number of hydrogen-bond donors (Lipinski definition) is 1. The third-order valence-corrected chi connectivity index (χ3v) is 3.85. The van der Waals surface area contributed by atoms with Gasteiger partial charge in [-0.1, -0.05) is 23.7 Å². The standard InChI is InChI=1S/C18H21ClN2O4/c1-21(24-3)18(22)20-14-6-9-17(16(19)12-14)25-11-10-13-4-7-15(23-2)8-5-13/h4-9,12H,10-11H2,1-3H3,(H,20,22). The first kappa shape index (κ1) is 18.9. The largest absolute Gasteiger partial charge is 0.497 e. The number of methoxy groups -OCH3 is 1. The molecule has 6 nitrogen and oxygen atoms in total. The molecule has 0 heterocycles. The van der Waals surface area contributed by atoms with E-state index < -0.39 is 6.03 Å². The molecule has 0 saturated carbocycles. The average molecular weight is 365 g/mol. The Morgan fingerprint density at radius 1 is 1.16 bits per heavy atom. The van der Waals surface area contributed by atoms with Gasteiger partial charge in [-0.05, 0) is 35.9 Å². The van der Waals surface area contributed by atoms with Crippen molar-refractivity contribution in [1.82, 2.24) is 5.06 Å². The molecule has 134 valence electrons. The summed E-state index contributed by atoms with van der Waals surface area (Å²) in [6.07, 6.45) is 0.747. The molecule has 0 aliphatic heterocycles. The van der Waals surface area contributed by atoms with Gasteiger partial charge in [0.15, 0.2) is 0 Å². The number of urea groups is 1. The molecule has 0 saturated heterocycles. The fraction of sp³-hybridized carbons (Fsp3) is 0.278. The summed E-state index contributed by atoms with van der Waals surface area (Å²) in [6, 6.07) is 12.5. The zero-order valence-corrected chi connectivity index (χ0v) is 15.2. The van der Waals surface area contributed by atoms with Crippen LogP contribution >= 0.6 is 11.6 Å². The van der Waals surface area contributed by atoms with Crippen LogP contribution in [0, 0.1) is 0 Å². The Balaban J connectivity index is 1.88. The lowest BCUT2D eigenvalue weighted by atomic mass is 10.1. The van der Waals surface area contributed by atoms with Gasteiger partial charge in [-0.25, -0.2) is 9.86 Å². The van der Waals surface area contributed by atoms with Crippen LogP contribution in [0.1, 0.15) is 5.56 Å². The number of nitrogens with one attached hydrogen (secondary N) is 1. The SMILES string of the molecule is COc1ccc(CCOc2ccc(NC(=O)N(C)OC)cc2Cl)cc1. The number of nitrogens with zero attached hydrogens (tertiary/aromatic N) is 1. The lowest BCUT2D eigenvalue weighted by Crippen LogP contribution is -2.30. The van der Waals surface area contributed by atoms with Crippen molar-refractivity contribution in [1.29, 1.82) is 0 Å². The number of hydroxylamine groups is 2. The van der Waals surface area contributed by atoms with Gasteiger partial charge in [-0.3, -0.25) is 4.84 Å². The molecule has 2 aromatic rings. The zero-order chi connectivity index (χ0) is 18.2. The minimum absolute atomic E-state index is 0.397. The number of rotatable bonds is 7. The molecule has 0 aromatic heterocycles. The molecule has 0 fully saturated rings. The van der Waals surface area contributed by atoms with Gasteiger partial charge in [0.1, 0.15) is 11.5 Å². The zero-order valence-electron chi connectivity index (χ0n) is 14.4. The summed E-state index contributed by atoms with van der Waals surface area (Å²) in [7, 11) is 4.55. The summed E-state index contributed by atoms with van der Waals surface area (Å²) >= 11 is 6.21. The van der Waals surface area contributed by atoms with E-state index in [1.807, 2.05) is 24.3 Å². The molecule has 2 rings (SSSR count). The highest BCUT2D eigenvalue weighted by atomic mass is 35.5. The van der Waals surface area contributed by atoms with Crippen LogP contribution in [0.25, 0.3) is 0 Å². The summed E-state index contributed by atoms with van der Waals surface area (Å²) in [5.74, 6) is 1.39. The topological polar surface area (TPSA) is 60.0 Å². The van der Waals surface area contributed by atoms with E-state index in [4.69, 9.17) is 25.9 Å². The third-order valence-electron chi connectivity index (χ3n) is 3.55. The van der Waals surface area contributed by atoms with Crippen LogP contribution in [0.2, 0.25) is 5.02 Å². The lowest BCUT2D eigenvalue weighted by molar-refractivity contribution is -0.0598. The molecule has 0 aliphatic carbocycles. The van der Waals surface area contributed by atoms with Crippen LogP contribution in [0.15, 0.2) is 42.5 Å². The maximum Gasteiger partial charge on any atom is 0.345 e. The lowest BCUT2D eigenvalue weighted by Gasteiger charge is -2.15. The molecule has 2 aromatic carbocycles. The summed E-state index contributed by atoms with van der Waals surface area (Å²) in [5, 5.41) is 4.16. The predicted octanol–water partition coefficient (Wildman–Crippen LogP) is 4.00. The highest BCUT2D eigenvalue weighted by molar-refractivity contribution is 6.32. The van der Waals surface area contributed by atoms with E-state index in [2.05, 4.69) is 5.32 Å². The van der Waals surface area contributed by atoms with Gasteiger partial charge >= 0.3 is 6.03 Å². The number of benzene rings is 2. The fourth-order valence-corrected chi connectivity index (χ4v) is 2.29. The predicted molar refractivity (Wildman–Crippen MR) is 97.4 cm³/mol. The molecule has 0 atom stereocenters. The molecule has 0 bridgehead atoms. The van der Waals surface area contributed by atoms with E-state index in [1.165, 1.54) is 14.2 Å². The van der Waals surface area contributed by atoms with Gasteiger partial charge in [0.25, 0.3) is 0 Å². The summed E-state index contributed by atoms with van der Waals surface area (Å²) in [5.41, 5.74) is 1.70. The molecule has 0 spiro atoms. The summed E-state index contributed by atoms with van der Waals surface area (Å²) in [4.78, 5) is 16.5. The van der Waals surface area contributed by atoms with Crippen LogP contribution in [-0.4, -0.2) is 39.0 Å². The molecule has 7 heteroatoms. The van der Waals surface area contributed by atoms with Crippen LogP contribution in [0.5, 0.6) is 11.5 Å². The number of carbonyl (C=O) groups is 1. The number of amides is 2. The van der Waals surface area contributed by atoms with E-state index in [0.717, 1.165) is 22.8 Å². The number of hydrogen-bond acceptors (Lipinski definition) is 4. The first-order chi connectivity index (χ1) is 12.0. The smallest absolute Gasteiger partial charge is 0.345 e. The van der Waals surface area contributed by atoms with E-state index in [9.17, 15) is 4.79 Å². The second-order valence-corrected chi connectivity index (χ2v) is 5.61. The maximum atomic E-state index is 11.7. The Morgan fingerprint density at radius 3 is 2.48 bits per heavy atom. The Hall–Kier alpha value is -2.44. The molecule has 1 N–H and O–H groups in total. The second kappa shape index (κ2) is 9.15. The quantitative estimate of drug-likeness (QED) is 0.754. The Labute approximate surface area is 152 Å². The molecule has 0 unspecified atom stereocenters. The number of anilines is 1. The molecule has 0 radical (unpaired) electrons.